The van der Waals surface area contributed by atoms with Gasteiger partial charge < -0.3 is 5.73 Å². The molecule has 0 aliphatic heterocycles. The van der Waals surface area contributed by atoms with Gasteiger partial charge in [0.05, 0.1) is 0 Å². The Balaban J connectivity index is 2.47. The highest BCUT2D eigenvalue weighted by Gasteiger charge is 2.28. The van der Waals surface area contributed by atoms with Crippen LogP contribution in [0.1, 0.15) is 36.5 Å². The summed E-state index contributed by atoms with van der Waals surface area (Å²) in [6.45, 7) is 6.28. The lowest BCUT2D eigenvalue weighted by atomic mass is 9.78. The van der Waals surface area contributed by atoms with Gasteiger partial charge in [0.2, 0.25) is 0 Å². The first-order chi connectivity index (χ1) is 8.48. The van der Waals surface area contributed by atoms with E-state index in [-0.39, 0.29) is 11.5 Å². The van der Waals surface area contributed by atoms with Crippen LogP contribution in [0.5, 0.6) is 0 Å². The van der Waals surface area contributed by atoms with Gasteiger partial charge in [0.1, 0.15) is 0 Å². The Morgan fingerprint density at radius 2 is 1.33 bits per heavy atom. The zero-order valence-electron chi connectivity index (χ0n) is 11.4. The van der Waals surface area contributed by atoms with E-state index < -0.39 is 0 Å². The summed E-state index contributed by atoms with van der Waals surface area (Å²) in [6.07, 6.45) is 0. The first-order valence-corrected chi connectivity index (χ1v) is 6.39. The van der Waals surface area contributed by atoms with Gasteiger partial charge in [-0.1, -0.05) is 60.2 Å². The molecule has 0 fully saturated rings. The SMILES string of the molecule is Cc1ccc(C(c2ccccc2)C(C)(C)N)cc1. The summed E-state index contributed by atoms with van der Waals surface area (Å²) >= 11 is 0. The van der Waals surface area contributed by atoms with Crippen molar-refractivity contribution in [1.29, 1.82) is 0 Å². The topological polar surface area (TPSA) is 26.0 Å². The summed E-state index contributed by atoms with van der Waals surface area (Å²) in [5.74, 6) is 0.222. The van der Waals surface area contributed by atoms with Gasteiger partial charge >= 0.3 is 0 Å². The summed E-state index contributed by atoms with van der Waals surface area (Å²) in [7, 11) is 0. The Labute approximate surface area is 110 Å². The van der Waals surface area contributed by atoms with E-state index in [0.717, 1.165) is 0 Å². The van der Waals surface area contributed by atoms with Gasteiger partial charge in [-0.15, -0.1) is 0 Å². The molecule has 2 aromatic rings. The summed E-state index contributed by atoms with van der Waals surface area (Å²) in [6, 6.07) is 19.2. The van der Waals surface area contributed by atoms with Crippen LogP contribution in [0.25, 0.3) is 0 Å². The van der Waals surface area contributed by atoms with Gasteiger partial charge in [0, 0.05) is 11.5 Å². The predicted molar refractivity (Wildman–Crippen MR) is 77.7 cm³/mol. The third-order valence-corrected chi connectivity index (χ3v) is 3.29. The molecule has 0 amide bonds. The van der Waals surface area contributed by atoms with Crippen LogP contribution in [0.3, 0.4) is 0 Å². The highest BCUT2D eigenvalue weighted by molar-refractivity contribution is 5.37. The van der Waals surface area contributed by atoms with Gasteiger partial charge in [-0.05, 0) is 31.9 Å². The van der Waals surface area contributed by atoms with Gasteiger partial charge in [-0.25, -0.2) is 0 Å². The number of benzene rings is 2. The van der Waals surface area contributed by atoms with E-state index in [0.29, 0.717) is 0 Å². The molecule has 0 heterocycles. The Hall–Kier alpha value is -1.60. The molecule has 1 atom stereocenters. The van der Waals surface area contributed by atoms with Crippen molar-refractivity contribution in [2.45, 2.75) is 32.2 Å². The third kappa shape index (κ3) is 2.80. The van der Waals surface area contributed by atoms with Crippen LogP contribution in [0.2, 0.25) is 0 Å². The lowest BCUT2D eigenvalue weighted by Crippen LogP contribution is -2.39. The highest BCUT2D eigenvalue weighted by atomic mass is 14.7. The molecule has 94 valence electrons. The summed E-state index contributed by atoms with van der Waals surface area (Å²) in [5.41, 5.74) is 9.93. The Morgan fingerprint density at radius 1 is 0.833 bits per heavy atom. The number of aryl methyl sites for hydroxylation is 1. The smallest absolute Gasteiger partial charge is 0.0264 e. The lowest BCUT2D eigenvalue weighted by molar-refractivity contribution is 0.457. The van der Waals surface area contributed by atoms with E-state index in [4.69, 9.17) is 5.73 Å². The largest absolute Gasteiger partial charge is 0.325 e. The fourth-order valence-corrected chi connectivity index (χ4v) is 2.46. The van der Waals surface area contributed by atoms with E-state index in [9.17, 15) is 0 Å². The van der Waals surface area contributed by atoms with Crippen LogP contribution >= 0.6 is 0 Å². The molecule has 0 aliphatic carbocycles. The van der Waals surface area contributed by atoms with Gasteiger partial charge in [0.15, 0.2) is 0 Å². The fraction of sp³-hybridized carbons (Fsp3) is 0.294. The van der Waals surface area contributed by atoms with E-state index in [1.807, 2.05) is 6.07 Å². The van der Waals surface area contributed by atoms with Crippen molar-refractivity contribution >= 4 is 0 Å². The van der Waals surface area contributed by atoms with Crippen LogP contribution in [0.15, 0.2) is 54.6 Å². The maximum absolute atomic E-state index is 6.38. The maximum Gasteiger partial charge on any atom is 0.0264 e. The minimum atomic E-state index is -0.281. The molecule has 1 unspecified atom stereocenters. The first kappa shape index (κ1) is 12.8. The van der Waals surface area contributed by atoms with E-state index >= 15 is 0 Å². The molecule has 1 nitrogen and oxygen atoms in total. The molecule has 0 spiro atoms. The summed E-state index contributed by atoms with van der Waals surface area (Å²) < 4.78 is 0. The van der Waals surface area contributed by atoms with Crippen LogP contribution < -0.4 is 5.73 Å². The zero-order chi connectivity index (χ0) is 13.2. The minimum Gasteiger partial charge on any atom is -0.325 e. The molecule has 2 N–H and O–H groups in total. The molecule has 18 heavy (non-hydrogen) atoms. The second-order valence-electron chi connectivity index (χ2n) is 5.58. The molecule has 0 bridgehead atoms. The van der Waals surface area contributed by atoms with E-state index in [1.54, 1.807) is 0 Å². The molecule has 0 radical (unpaired) electrons. The average molecular weight is 239 g/mol. The quantitative estimate of drug-likeness (QED) is 0.864. The predicted octanol–water partition coefficient (Wildman–Crippen LogP) is 3.86. The fourth-order valence-electron chi connectivity index (χ4n) is 2.46. The molecule has 0 aromatic heterocycles. The van der Waals surface area contributed by atoms with Crippen molar-refractivity contribution < 1.29 is 0 Å². The van der Waals surface area contributed by atoms with Crippen molar-refractivity contribution in [2.75, 3.05) is 0 Å². The van der Waals surface area contributed by atoms with Crippen LogP contribution in [0, 0.1) is 6.92 Å². The Kier molecular flexibility index (Phi) is 3.53. The Morgan fingerprint density at radius 3 is 1.83 bits per heavy atom. The van der Waals surface area contributed by atoms with Gasteiger partial charge in [0.25, 0.3) is 0 Å². The van der Waals surface area contributed by atoms with Crippen LogP contribution in [0.4, 0.5) is 0 Å². The van der Waals surface area contributed by atoms with Crippen molar-refractivity contribution in [3.63, 3.8) is 0 Å². The monoisotopic (exact) mass is 239 g/mol. The maximum atomic E-state index is 6.38. The average Bonchev–Trinajstić information content (AvgIpc) is 2.32. The number of hydrogen-bond acceptors (Lipinski definition) is 1. The molecule has 1 heteroatoms. The van der Waals surface area contributed by atoms with Crippen molar-refractivity contribution in [3.05, 3.63) is 71.3 Å². The van der Waals surface area contributed by atoms with Crippen molar-refractivity contribution in [2.24, 2.45) is 5.73 Å². The molecular formula is C17H21N. The molecule has 2 aromatic carbocycles. The highest BCUT2D eigenvalue weighted by Crippen LogP contribution is 2.33. The zero-order valence-corrected chi connectivity index (χ0v) is 11.4. The van der Waals surface area contributed by atoms with Crippen molar-refractivity contribution in [3.8, 4) is 0 Å². The standard InChI is InChI=1S/C17H21N/c1-13-9-11-15(12-10-13)16(17(2,3)18)14-7-5-4-6-8-14/h4-12,16H,18H2,1-3H3. The van der Waals surface area contributed by atoms with Crippen LogP contribution in [-0.4, -0.2) is 5.54 Å². The normalized spacial score (nSPS) is 13.3. The molecular weight excluding hydrogens is 218 g/mol. The summed E-state index contributed by atoms with van der Waals surface area (Å²) in [5, 5.41) is 0. The minimum absolute atomic E-state index is 0.222. The van der Waals surface area contributed by atoms with Gasteiger partial charge in [-0.3, -0.25) is 0 Å². The second-order valence-corrected chi connectivity index (χ2v) is 5.58. The number of nitrogens with two attached hydrogens (primary N) is 1. The summed E-state index contributed by atoms with van der Waals surface area (Å²) in [4.78, 5) is 0. The van der Waals surface area contributed by atoms with Gasteiger partial charge in [-0.2, -0.15) is 0 Å². The van der Waals surface area contributed by atoms with E-state index in [1.165, 1.54) is 16.7 Å². The van der Waals surface area contributed by atoms with Crippen LogP contribution in [-0.2, 0) is 0 Å². The Bertz CT molecular complexity index is 491. The third-order valence-electron chi connectivity index (χ3n) is 3.29. The number of hydrogen-bond donors (Lipinski definition) is 1. The number of rotatable bonds is 3. The molecule has 0 saturated carbocycles. The first-order valence-electron chi connectivity index (χ1n) is 6.39. The molecule has 0 aliphatic rings. The van der Waals surface area contributed by atoms with Crippen molar-refractivity contribution in [1.82, 2.24) is 0 Å². The lowest BCUT2D eigenvalue weighted by Gasteiger charge is -2.31. The van der Waals surface area contributed by atoms with E-state index in [2.05, 4.69) is 69.3 Å². The molecule has 0 saturated heterocycles. The molecule has 2 rings (SSSR count). The second kappa shape index (κ2) is 4.95.